The highest BCUT2D eigenvalue weighted by molar-refractivity contribution is 5.89. The third kappa shape index (κ3) is 2.37. The lowest BCUT2D eigenvalue weighted by atomic mass is 9.46. The Bertz CT molecular complexity index is 432. The monoisotopic (exact) mass is 332 g/mol. The minimum atomic E-state index is -0.764. The van der Waals surface area contributed by atoms with Gasteiger partial charge in [0.05, 0.1) is 12.7 Å². The Hall–Kier alpha value is -0.360. The zero-order valence-corrected chi connectivity index (χ0v) is 14.7. The van der Waals surface area contributed by atoms with Crippen molar-refractivity contribution in [1.29, 1.82) is 0 Å². The number of halogens is 1. The van der Waals surface area contributed by atoms with Gasteiger partial charge in [-0.15, -0.1) is 12.4 Å². The topological polar surface area (TPSA) is 64.8 Å². The van der Waals surface area contributed by atoms with Gasteiger partial charge in [0, 0.05) is 44.1 Å². The molecule has 2 heterocycles. The van der Waals surface area contributed by atoms with Gasteiger partial charge in [-0.25, -0.2) is 0 Å². The zero-order valence-electron chi connectivity index (χ0n) is 13.8. The van der Waals surface area contributed by atoms with E-state index in [1.807, 2.05) is 4.90 Å². The number of fused-ring (bicyclic) bond motifs is 1. The molecule has 5 nitrogen and oxygen atoms in total. The highest BCUT2D eigenvalue weighted by atomic mass is 35.5. The van der Waals surface area contributed by atoms with Gasteiger partial charge in [-0.2, -0.15) is 0 Å². The van der Waals surface area contributed by atoms with Crippen molar-refractivity contribution in [3.05, 3.63) is 0 Å². The van der Waals surface area contributed by atoms with Crippen LogP contribution in [0.1, 0.15) is 33.1 Å². The van der Waals surface area contributed by atoms with Crippen LogP contribution < -0.4 is 5.73 Å². The number of nitrogens with zero attached hydrogens (tertiary/aromatic N) is 1. The molecule has 2 N–H and O–H groups in total. The summed E-state index contributed by atoms with van der Waals surface area (Å²) in [4.78, 5) is 15.0. The van der Waals surface area contributed by atoms with Crippen molar-refractivity contribution in [1.82, 2.24) is 4.90 Å². The summed E-state index contributed by atoms with van der Waals surface area (Å²) in [7, 11) is 1.72. The molecule has 1 saturated carbocycles. The van der Waals surface area contributed by atoms with Crippen LogP contribution in [-0.2, 0) is 14.3 Å². The normalized spacial score (nSPS) is 39.6. The van der Waals surface area contributed by atoms with Gasteiger partial charge in [-0.05, 0) is 19.3 Å². The van der Waals surface area contributed by atoms with Crippen molar-refractivity contribution in [3.8, 4) is 0 Å². The molecule has 0 aromatic heterocycles. The van der Waals surface area contributed by atoms with E-state index in [-0.39, 0.29) is 35.8 Å². The van der Waals surface area contributed by atoms with Gasteiger partial charge < -0.3 is 20.1 Å². The first kappa shape index (κ1) is 18.0. The summed E-state index contributed by atoms with van der Waals surface area (Å²) < 4.78 is 11.1. The fraction of sp³-hybridized carbons (Fsp3) is 0.938. The van der Waals surface area contributed by atoms with Crippen LogP contribution in [0.4, 0.5) is 0 Å². The van der Waals surface area contributed by atoms with Gasteiger partial charge in [0.2, 0.25) is 5.91 Å². The van der Waals surface area contributed by atoms with Gasteiger partial charge in [0.25, 0.3) is 0 Å². The van der Waals surface area contributed by atoms with Crippen molar-refractivity contribution in [2.75, 3.05) is 33.4 Å². The van der Waals surface area contributed by atoms with Crippen molar-refractivity contribution in [2.24, 2.45) is 23.0 Å². The number of hydrogen-bond acceptors (Lipinski definition) is 4. The molecule has 2 saturated heterocycles. The van der Waals surface area contributed by atoms with Crippen LogP contribution in [0.25, 0.3) is 0 Å². The minimum Gasteiger partial charge on any atom is -0.384 e. The summed E-state index contributed by atoms with van der Waals surface area (Å²) in [5.41, 5.74) is 5.63. The number of methoxy groups -OCH3 is 1. The highest BCUT2D eigenvalue weighted by Crippen LogP contribution is 2.58. The van der Waals surface area contributed by atoms with E-state index in [0.29, 0.717) is 5.92 Å². The Labute approximate surface area is 139 Å². The summed E-state index contributed by atoms with van der Waals surface area (Å²) >= 11 is 0. The predicted octanol–water partition coefficient (Wildman–Crippen LogP) is 1.44. The lowest BCUT2D eigenvalue weighted by Gasteiger charge is -2.65. The summed E-state index contributed by atoms with van der Waals surface area (Å²) in [5, 5.41) is 0. The largest absolute Gasteiger partial charge is 0.384 e. The lowest BCUT2D eigenvalue weighted by molar-refractivity contribution is -0.229. The molecule has 0 aromatic rings. The third-order valence-corrected chi connectivity index (χ3v) is 6.01. The molecule has 0 radical (unpaired) electrons. The molecule has 0 bridgehead atoms. The first-order valence-electron chi connectivity index (χ1n) is 8.11. The van der Waals surface area contributed by atoms with Crippen molar-refractivity contribution in [3.63, 3.8) is 0 Å². The number of carbonyl (C=O) groups is 1. The molecule has 0 aromatic carbocycles. The van der Waals surface area contributed by atoms with Crippen LogP contribution in [0.3, 0.4) is 0 Å². The van der Waals surface area contributed by atoms with Crippen molar-refractivity contribution < 1.29 is 14.3 Å². The number of hydrogen-bond donors (Lipinski definition) is 1. The average molecular weight is 333 g/mol. The maximum Gasteiger partial charge on any atom is 0.243 e. The molecule has 3 fully saturated rings. The van der Waals surface area contributed by atoms with Gasteiger partial charge in [-0.1, -0.05) is 13.8 Å². The molecule has 4 unspecified atom stereocenters. The number of nitrogens with two attached hydrogens (primary N) is 1. The molecule has 4 atom stereocenters. The Kier molecular flexibility index (Phi) is 5.12. The highest BCUT2D eigenvalue weighted by Gasteiger charge is 2.71. The maximum absolute atomic E-state index is 13.1. The van der Waals surface area contributed by atoms with Crippen LogP contribution in [0.2, 0.25) is 0 Å². The number of rotatable bonds is 3. The second kappa shape index (κ2) is 6.27. The van der Waals surface area contributed by atoms with E-state index in [1.165, 1.54) is 0 Å². The molecule has 6 heteroatoms. The molecule has 0 spiro atoms. The van der Waals surface area contributed by atoms with Gasteiger partial charge in [-0.3, -0.25) is 4.79 Å². The molecular weight excluding hydrogens is 304 g/mol. The number of ether oxygens (including phenoxy) is 2. The fourth-order valence-corrected chi connectivity index (χ4v) is 4.66. The molecular formula is C16H29ClN2O3. The molecule has 3 rings (SSSR count). The van der Waals surface area contributed by atoms with Gasteiger partial charge in [0.15, 0.2) is 0 Å². The lowest BCUT2D eigenvalue weighted by Crippen LogP contribution is -2.82. The average Bonchev–Trinajstić information content (AvgIpc) is 2.94. The van der Waals surface area contributed by atoms with E-state index in [1.54, 1.807) is 7.11 Å². The quantitative estimate of drug-likeness (QED) is 0.849. The summed E-state index contributed by atoms with van der Waals surface area (Å²) in [6, 6.07) is 0. The van der Waals surface area contributed by atoms with E-state index in [0.717, 1.165) is 45.6 Å². The van der Waals surface area contributed by atoms with Crippen molar-refractivity contribution >= 4 is 18.3 Å². The number of carbonyl (C=O) groups excluding carboxylic acids is 1. The zero-order chi connectivity index (χ0) is 15.3. The SMILES string of the molecule is COCC1CCN(C(=O)C2(N)C3CCCOC3C2(C)C)C1.Cl. The van der Waals surface area contributed by atoms with E-state index < -0.39 is 5.54 Å². The molecule has 2 aliphatic heterocycles. The minimum absolute atomic E-state index is 0. The number of amides is 1. The Morgan fingerprint density at radius 1 is 1.41 bits per heavy atom. The van der Waals surface area contributed by atoms with Crippen molar-refractivity contribution in [2.45, 2.75) is 44.8 Å². The van der Waals surface area contributed by atoms with Crippen LogP contribution in [0.5, 0.6) is 0 Å². The Balaban J connectivity index is 0.00000176. The molecule has 22 heavy (non-hydrogen) atoms. The second-order valence-corrected chi connectivity index (χ2v) is 7.49. The van der Waals surface area contributed by atoms with E-state index in [9.17, 15) is 4.79 Å². The molecule has 1 amide bonds. The Morgan fingerprint density at radius 3 is 2.82 bits per heavy atom. The van der Waals surface area contributed by atoms with Crippen LogP contribution >= 0.6 is 12.4 Å². The third-order valence-electron chi connectivity index (χ3n) is 6.01. The van der Waals surface area contributed by atoms with Crippen LogP contribution in [0, 0.1) is 17.3 Å². The number of likely N-dealkylation sites (tertiary alicyclic amines) is 1. The molecule has 3 aliphatic rings. The summed E-state index contributed by atoms with van der Waals surface area (Å²) in [6.45, 7) is 7.27. The molecule has 1 aliphatic carbocycles. The smallest absolute Gasteiger partial charge is 0.243 e. The maximum atomic E-state index is 13.1. The standard InChI is InChI=1S/C16H28N2O3.ClH/c1-15(2)13-12(5-4-8-21-13)16(15,17)14(19)18-7-6-11(9-18)10-20-3;/h11-13H,4-10,17H2,1-3H3;1H. The first-order chi connectivity index (χ1) is 9.92. The van der Waals surface area contributed by atoms with E-state index in [4.69, 9.17) is 15.2 Å². The van der Waals surface area contributed by atoms with E-state index in [2.05, 4.69) is 13.8 Å². The van der Waals surface area contributed by atoms with Gasteiger partial charge in [0.1, 0.15) is 5.54 Å². The van der Waals surface area contributed by atoms with Gasteiger partial charge >= 0.3 is 0 Å². The van der Waals surface area contributed by atoms with E-state index >= 15 is 0 Å². The predicted molar refractivity (Wildman–Crippen MR) is 87.0 cm³/mol. The fourth-order valence-electron chi connectivity index (χ4n) is 4.66. The second-order valence-electron chi connectivity index (χ2n) is 7.49. The Morgan fingerprint density at radius 2 is 2.14 bits per heavy atom. The van der Waals surface area contributed by atoms with Crippen LogP contribution in [0.15, 0.2) is 0 Å². The summed E-state index contributed by atoms with van der Waals surface area (Å²) in [6.07, 6.45) is 3.17. The first-order valence-corrected chi connectivity index (χ1v) is 8.11. The summed E-state index contributed by atoms with van der Waals surface area (Å²) in [5.74, 6) is 0.747. The van der Waals surface area contributed by atoms with Crippen LogP contribution in [-0.4, -0.2) is 55.9 Å². The molecule has 128 valence electrons.